The first-order valence-electron chi connectivity index (χ1n) is 10.2. The number of thioether (sulfide) groups is 1. The molecule has 1 N–H and O–H groups in total. The summed E-state index contributed by atoms with van der Waals surface area (Å²) in [4.78, 5) is 28.8. The maximum Gasteiger partial charge on any atom is 0.265 e. The fourth-order valence-corrected chi connectivity index (χ4v) is 4.18. The number of fused-ring (bicyclic) bond motifs is 1. The molecule has 0 atom stereocenters. The number of nitrogens with one attached hydrogen (secondary N) is 1. The molecule has 0 fully saturated rings. The Hall–Kier alpha value is -2.57. The normalized spacial score (nSPS) is 14.9. The molecular weight excluding hydrogens is 396 g/mol. The van der Waals surface area contributed by atoms with E-state index in [0.29, 0.717) is 24.6 Å². The van der Waals surface area contributed by atoms with E-state index in [9.17, 15) is 9.59 Å². The van der Waals surface area contributed by atoms with Crippen molar-refractivity contribution < 1.29 is 14.3 Å². The van der Waals surface area contributed by atoms with Crippen LogP contribution in [0.5, 0.6) is 0 Å². The summed E-state index contributed by atoms with van der Waals surface area (Å²) in [6.45, 7) is 7.58. The zero-order valence-corrected chi connectivity index (χ0v) is 18.5. The number of carbonyl (C=O) groups excluding carboxylic acids is 2. The van der Waals surface area contributed by atoms with Crippen LogP contribution in [0, 0.1) is 6.92 Å². The molecule has 1 heterocycles. The number of benzene rings is 2. The lowest BCUT2D eigenvalue weighted by atomic mass is 10.1. The molecule has 2 amide bonds. The van der Waals surface area contributed by atoms with E-state index in [0.717, 1.165) is 28.1 Å². The van der Waals surface area contributed by atoms with E-state index in [1.807, 2.05) is 69.3 Å². The summed E-state index contributed by atoms with van der Waals surface area (Å²) >= 11 is 1.34. The first-order valence-corrected chi connectivity index (χ1v) is 11.0. The average molecular weight is 425 g/mol. The van der Waals surface area contributed by atoms with Crippen LogP contribution in [0.4, 0.5) is 5.69 Å². The SMILES string of the molecule is Cc1ccccc1CN1C(=O)C(=CC(=O)NCCCOC(C)C)Sc2ccccc21. The minimum absolute atomic E-state index is 0.153. The van der Waals surface area contributed by atoms with Crippen LogP contribution in [0.2, 0.25) is 0 Å². The Morgan fingerprint density at radius 3 is 2.67 bits per heavy atom. The quantitative estimate of drug-likeness (QED) is 0.502. The van der Waals surface area contributed by atoms with E-state index in [2.05, 4.69) is 5.32 Å². The van der Waals surface area contributed by atoms with Crippen molar-refractivity contribution in [2.45, 2.75) is 44.7 Å². The van der Waals surface area contributed by atoms with Gasteiger partial charge in [-0.25, -0.2) is 0 Å². The molecule has 30 heavy (non-hydrogen) atoms. The van der Waals surface area contributed by atoms with Gasteiger partial charge in [0.25, 0.3) is 5.91 Å². The molecule has 1 aliphatic heterocycles. The summed E-state index contributed by atoms with van der Waals surface area (Å²) in [5.41, 5.74) is 3.09. The zero-order valence-electron chi connectivity index (χ0n) is 17.7. The van der Waals surface area contributed by atoms with Crippen LogP contribution in [0.15, 0.2) is 64.4 Å². The molecule has 0 saturated carbocycles. The summed E-state index contributed by atoms with van der Waals surface area (Å²) in [6, 6.07) is 15.8. The molecule has 0 radical (unpaired) electrons. The lowest BCUT2D eigenvalue weighted by Gasteiger charge is -2.30. The molecular formula is C24H28N2O3S. The van der Waals surface area contributed by atoms with Crippen LogP contribution in [0.1, 0.15) is 31.4 Å². The van der Waals surface area contributed by atoms with Gasteiger partial charge in [-0.1, -0.05) is 48.2 Å². The highest BCUT2D eigenvalue weighted by Gasteiger charge is 2.29. The van der Waals surface area contributed by atoms with Gasteiger partial charge >= 0.3 is 0 Å². The highest BCUT2D eigenvalue weighted by Crippen LogP contribution is 2.41. The average Bonchev–Trinajstić information content (AvgIpc) is 2.72. The molecule has 0 bridgehead atoms. The molecule has 2 aromatic carbocycles. The standard InChI is InChI=1S/C24H28N2O3S/c1-17(2)29-14-8-13-25-23(27)15-22-24(28)26(16-19-10-5-4-9-18(19)3)20-11-6-7-12-21(20)30-22/h4-7,9-12,15,17H,8,13-14,16H2,1-3H3,(H,25,27). The Morgan fingerprint density at radius 1 is 1.17 bits per heavy atom. The number of rotatable bonds is 8. The van der Waals surface area contributed by atoms with Crippen LogP contribution in [0.25, 0.3) is 0 Å². The van der Waals surface area contributed by atoms with Crippen LogP contribution >= 0.6 is 11.8 Å². The number of amides is 2. The zero-order chi connectivity index (χ0) is 21.5. The Kier molecular flexibility index (Phi) is 7.71. The fourth-order valence-electron chi connectivity index (χ4n) is 3.15. The van der Waals surface area contributed by atoms with Crippen molar-refractivity contribution >= 4 is 29.3 Å². The minimum atomic E-state index is -0.259. The maximum absolute atomic E-state index is 13.2. The second-order valence-electron chi connectivity index (χ2n) is 7.46. The summed E-state index contributed by atoms with van der Waals surface area (Å²) in [5, 5.41) is 2.84. The highest BCUT2D eigenvalue weighted by molar-refractivity contribution is 8.04. The van der Waals surface area contributed by atoms with E-state index >= 15 is 0 Å². The first-order chi connectivity index (χ1) is 14.5. The van der Waals surface area contributed by atoms with Crippen molar-refractivity contribution in [2.24, 2.45) is 0 Å². The summed E-state index contributed by atoms with van der Waals surface area (Å²) in [6.07, 6.45) is 2.33. The lowest BCUT2D eigenvalue weighted by Crippen LogP contribution is -2.35. The van der Waals surface area contributed by atoms with Gasteiger partial charge in [-0.2, -0.15) is 0 Å². The van der Waals surface area contributed by atoms with Gasteiger partial charge < -0.3 is 15.0 Å². The second kappa shape index (κ2) is 10.5. The van der Waals surface area contributed by atoms with Gasteiger partial charge in [0, 0.05) is 24.1 Å². The lowest BCUT2D eigenvalue weighted by molar-refractivity contribution is -0.118. The van der Waals surface area contributed by atoms with Crippen LogP contribution in [-0.4, -0.2) is 31.1 Å². The third-order valence-corrected chi connectivity index (χ3v) is 5.83. The minimum Gasteiger partial charge on any atom is -0.379 e. The van der Waals surface area contributed by atoms with Crippen LogP contribution in [-0.2, 0) is 20.9 Å². The van der Waals surface area contributed by atoms with E-state index in [1.54, 1.807) is 4.90 Å². The van der Waals surface area contributed by atoms with Gasteiger partial charge in [-0.3, -0.25) is 9.59 Å². The Bertz CT molecular complexity index is 940. The Morgan fingerprint density at radius 2 is 1.90 bits per heavy atom. The molecule has 2 aromatic rings. The molecule has 0 saturated heterocycles. The van der Waals surface area contributed by atoms with Gasteiger partial charge in [0.2, 0.25) is 5.91 Å². The summed E-state index contributed by atoms with van der Waals surface area (Å²) < 4.78 is 5.48. The fraction of sp³-hybridized carbons (Fsp3) is 0.333. The number of hydrogen-bond acceptors (Lipinski definition) is 4. The van der Waals surface area contributed by atoms with E-state index < -0.39 is 0 Å². The largest absolute Gasteiger partial charge is 0.379 e. The number of aryl methyl sites for hydroxylation is 1. The predicted octanol–water partition coefficient (Wildman–Crippen LogP) is 4.45. The number of carbonyl (C=O) groups is 2. The summed E-state index contributed by atoms with van der Waals surface area (Å²) in [5.74, 6) is -0.411. The maximum atomic E-state index is 13.2. The smallest absolute Gasteiger partial charge is 0.265 e. The van der Waals surface area contributed by atoms with Crippen molar-refractivity contribution in [2.75, 3.05) is 18.1 Å². The Labute approximate surface area is 182 Å². The highest BCUT2D eigenvalue weighted by atomic mass is 32.2. The first kappa shape index (κ1) is 22.1. The van der Waals surface area contributed by atoms with Gasteiger partial charge in [0.15, 0.2) is 0 Å². The predicted molar refractivity (Wildman–Crippen MR) is 121 cm³/mol. The number of hydrogen-bond donors (Lipinski definition) is 1. The Balaban J connectivity index is 1.74. The van der Waals surface area contributed by atoms with Gasteiger partial charge in [-0.15, -0.1) is 0 Å². The molecule has 158 valence electrons. The van der Waals surface area contributed by atoms with Crippen molar-refractivity contribution in [3.8, 4) is 0 Å². The van der Waals surface area contributed by atoms with Gasteiger partial charge in [-0.05, 0) is 50.5 Å². The van der Waals surface area contributed by atoms with Crippen LogP contribution < -0.4 is 10.2 Å². The third-order valence-electron chi connectivity index (χ3n) is 4.76. The molecule has 6 heteroatoms. The van der Waals surface area contributed by atoms with Gasteiger partial charge in [0.05, 0.1) is 23.2 Å². The van der Waals surface area contributed by atoms with Crippen molar-refractivity contribution in [3.05, 3.63) is 70.6 Å². The molecule has 0 unspecified atom stereocenters. The van der Waals surface area contributed by atoms with E-state index in [4.69, 9.17) is 4.74 Å². The number of anilines is 1. The monoisotopic (exact) mass is 424 g/mol. The molecule has 0 spiro atoms. The number of nitrogens with zero attached hydrogens (tertiary/aromatic N) is 1. The molecule has 3 rings (SSSR count). The van der Waals surface area contributed by atoms with Gasteiger partial charge in [0.1, 0.15) is 0 Å². The van der Waals surface area contributed by atoms with Crippen molar-refractivity contribution in [3.63, 3.8) is 0 Å². The molecule has 0 aromatic heterocycles. The van der Waals surface area contributed by atoms with E-state index in [-0.39, 0.29) is 17.9 Å². The number of para-hydroxylation sites is 1. The van der Waals surface area contributed by atoms with Crippen LogP contribution in [0.3, 0.4) is 0 Å². The van der Waals surface area contributed by atoms with Crippen molar-refractivity contribution in [1.82, 2.24) is 5.32 Å². The topological polar surface area (TPSA) is 58.6 Å². The second-order valence-corrected chi connectivity index (χ2v) is 8.54. The molecule has 1 aliphatic rings. The summed E-state index contributed by atoms with van der Waals surface area (Å²) in [7, 11) is 0. The van der Waals surface area contributed by atoms with Crippen molar-refractivity contribution in [1.29, 1.82) is 0 Å². The molecule has 5 nitrogen and oxygen atoms in total. The molecule has 0 aliphatic carbocycles. The third kappa shape index (κ3) is 5.74. The number of ether oxygens (including phenoxy) is 1. The van der Waals surface area contributed by atoms with E-state index in [1.165, 1.54) is 17.8 Å².